The minimum Gasteiger partial charge on any atom is -0.493 e. The van der Waals surface area contributed by atoms with Gasteiger partial charge in [-0.15, -0.1) is 0 Å². The predicted octanol–water partition coefficient (Wildman–Crippen LogP) is 4.80. The molecular formula is C27H28O8. The largest absolute Gasteiger partial charge is 0.493 e. The highest BCUT2D eigenvalue weighted by Crippen LogP contribution is 2.38. The summed E-state index contributed by atoms with van der Waals surface area (Å²) in [5, 5.41) is 0.539. The molecule has 0 bridgehead atoms. The van der Waals surface area contributed by atoms with Gasteiger partial charge in [0.25, 0.3) is 0 Å². The number of fused-ring (bicyclic) bond motifs is 1. The zero-order valence-corrected chi connectivity index (χ0v) is 20.8. The normalized spacial score (nSPS) is 11.5. The first-order valence-corrected chi connectivity index (χ1v) is 10.8. The molecule has 0 aliphatic heterocycles. The van der Waals surface area contributed by atoms with Crippen molar-refractivity contribution in [3.8, 4) is 17.2 Å². The second kappa shape index (κ2) is 10.0. The third-order valence-corrected chi connectivity index (χ3v) is 5.44. The average Bonchev–Trinajstić information content (AvgIpc) is 2.84. The van der Waals surface area contributed by atoms with E-state index in [0.29, 0.717) is 39.3 Å². The summed E-state index contributed by atoms with van der Waals surface area (Å²) in [7, 11) is 5.64. The number of carbonyl (C=O) groups excluding carboxylic acids is 2. The lowest BCUT2D eigenvalue weighted by Crippen LogP contribution is -2.17. The third-order valence-electron chi connectivity index (χ3n) is 5.44. The first-order chi connectivity index (χ1) is 16.5. The highest BCUT2D eigenvalue weighted by Gasteiger charge is 2.22. The van der Waals surface area contributed by atoms with Crippen LogP contribution < -0.4 is 19.8 Å². The third kappa shape index (κ3) is 5.21. The summed E-state index contributed by atoms with van der Waals surface area (Å²) in [5.41, 5.74) is 0.822. The molecule has 35 heavy (non-hydrogen) atoms. The van der Waals surface area contributed by atoms with Crippen molar-refractivity contribution in [1.29, 1.82) is 0 Å². The monoisotopic (exact) mass is 480 g/mol. The maximum Gasteiger partial charge on any atom is 0.351 e. The highest BCUT2D eigenvalue weighted by atomic mass is 16.5. The van der Waals surface area contributed by atoms with Crippen LogP contribution in [0.25, 0.3) is 17.0 Å². The average molecular weight is 481 g/mol. The SMILES string of the molecule is COC(=O)c1cc2cc(/C=C/C(=O)c3cc(OC)c(OC)c(OC)c3)cc(C(C)(C)C)c2oc1=O. The van der Waals surface area contributed by atoms with Crippen LogP contribution in [0.1, 0.15) is 52.6 Å². The van der Waals surface area contributed by atoms with Gasteiger partial charge in [0.15, 0.2) is 17.3 Å². The minimum atomic E-state index is -0.781. The summed E-state index contributed by atoms with van der Waals surface area (Å²) in [6.07, 6.45) is 3.08. The first kappa shape index (κ1) is 25.6. The fourth-order valence-electron chi connectivity index (χ4n) is 3.65. The molecule has 3 rings (SSSR count). The summed E-state index contributed by atoms with van der Waals surface area (Å²) in [6, 6.07) is 8.18. The number of hydrogen-bond acceptors (Lipinski definition) is 8. The first-order valence-electron chi connectivity index (χ1n) is 10.8. The number of ketones is 1. The van der Waals surface area contributed by atoms with E-state index in [9.17, 15) is 14.4 Å². The fraction of sp³-hybridized carbons (Fsp3) is 0.296. The van der Waals surface area contributed by atoms with Gasteiger partial charge in [0.05, 0.1) is 28.4 Å². The topological polar surface area (TPSA) is 101 Å². The van der Waals surface area contributed by atoms with Gasteiger partial charge >= 0.3 is 11.6 Å². The molecule has 0 saturated heterocycles. The van der Waals surface area contributed by atoms with Gasteiger partial charge in [-0.3, -0.25) is 4.79 Å². The molecule has 0 aliphatic rings. The molecule has 0 N–H and O–H groups in total. The van der Waals surface area contributed by atoms with Crippen LogP contribution in [0.2, 0.25) is 0 Å². The lowest BCUT2D eigenvalue weighted by molar-refractivity contribution is 0.0596. The van der Waals surface area contributed by atoms with Crippen LogP contribution in [-0.4, -0.2) is 40.2 Å². The van der Waals surface area contributed by atoms with Crippen LogP contribution in [0, 0.1) is 0 Å². The molecule has 184 valence electrons. The standard InChI is InChI=1S/C27H28O8/c1-27(2,3)19-11-15(10-17-12-18(25(29)34-7)26(30)35-23(17)19)8-9-20(28)16-13-21(31-4)24(33-6)22(14-16)32-5/h8-14H,1-7H3/b9-8+. The maximum absolute atomic E-state index is 13.0. The molecule has 0 spiro atoms. The van der Waals surface area contributed by atoms with Gasteiger partial charge in [0.2, 0.25) is 5.75 Å². The molecule has 3 aromatic rings. The minimum absolute atomic E-state index is 0.200. The van der Waals surface area contributed by atoms with Gasteiger partial charge in [0, 0.05) is 16.5 Å². The van der Waals surface area contributed by atoms with Crippen molar-refractivity contribution in [2.24, 2.45) is 0 Å². The highest BCUT2D eigenvalue weighted by molar-refractivity contribution is 6.07. The Balaban J connectivity index is 2.10. The van der Waals surface area contributed by atoms with E-state index in [1.165, 1.54) is 40.6 Å². The lowest BCUT2D eigenvalue weighted by atomic mass is 9.84. The second-order valence-corrected chi connectivity index (χ2v) is 8.79. The molecule has 0 saturated carbocycles. The van der Waals surface area contributed by atoms with Crippen molar-refractivity contribution in [2.45, 2.75) is 26.2 Å². The van der Waals surface area contributed by atoms with Gasteiger partial charge in [0.1, 0.15) is 11.1 Å². The predicted molar refractivity (Wildman–Crippen MR) is 132 cm³/mol. The summed E-state index contributed by atoms with van der Waals surface area (Å²) < 4.78 is 26.2. The van der Waals surface area contributed by atoms with Crippen molar-refractivity contribution in [3.05, 3.63) is 69.1 Å². The zero-order valence-electron chi connectivity index (χ0n) is 20.8. The molecule has 0 atom stereocenters. The molecule has 0 radical (unpaired) electrons. The second-order valence-electron chi connectivity index (χ2n) is 8.79. The Labute approximate surface area is 203 Å². The number of esters is 1. The molecular weight excluding hydrogens is 452 g/mol. The van der Waals surface area contributed by atoms with Crippen LogP contribution in [0.3, 0.4) is 0 Å². The molecule has 1 aromatic heterocycles. The van der Waals surface area contributed by atoms with Gasteiger partial charge in [-0.25, -0.2) is 9.59 Å². The maximum atomic E-state index is 13.0. The Morgan fingerprint density at radius 2 is 1.51 bits per heavy atom. The Kier molecular flexibility index (Phi) is 7.34. The summed E-state index contributed by atoms with van der Waals surface area (Å²) in [6.45, 7) is 5.93. The number of ether oxygens (including phenoxy) is 4. The molecule has 2 aromatic carbocycles. The van der Waals surface area contributed by atoms with Crippen molar-refractivity contribution in [2.75, 3.05) is 28.4 Å². The van der Waals surface area contributed by atoms with E-state index >= 15 is 0 Å². The fourth-order valence-corrected chi connectivity index (χ4v) is 3.65. The number of hydrogen-bond donors (Lipinski definition) is 0. The number of carbonyl (C=O) groups is 2. The Hall–Kier alpha value is -4.07. The van der Waals surface area contributed by atoms with Crippen LogP contribution in [-0.2, 0) is 10.2 Å². The van der Waals surface area contributed by atoms with E-state index in [4.69, 9.17) is 18.6 Å². The van der Waals surface area contributed by atoms with E-state index < -0.39 is 11.6 Å². The summed E-state index contributed by atoms with van der Waals surface area (Å²) >= 11 is 0. The van der Waals surface area contributed by atoms with Crippen molar-refractivity contribution >= 4 is 28.8 Å². The molecule has 0 unspecified atom stereocenters. The van der Waals surface area contributed by atoms with E-state index in [0.717, 1.165) is 5.56 Å². The van der Waals surface area contributed by atoms with Gasteiger partial charge < -0.3 is 23.4 Å². The van der Waals surface area contributed by atoms with E-state index in [1.807, 2.05) is 26.8 Å². The van der Waals surface area contributed by atoms with Crippen LogP contribution in [0.15, 0.2) is 45.6 Å². The quantitative estimate of drug-likeness (QED) is 0.206. The van der Waals surface area contributed by atoms with Crippen LogP contribution in [0.4, 0.5) is 0 Å². The van der Waals surface area contributed by atoms with Gasteiger partial charge in [-0.1, -0.05) is 26.8 Å². The molecule has 0 amide bonds. The number of rotatable bonds is 7. The van der Waals surface area contributed by atoms with Crippen molar-refractivity contribution in [3.63, 3.8) is 0 Å². The Morgan fingerprint density at radius 3 is 2.03 bits per heavy atom. The molecule has 0 aliphatic carbocycles. The van der Waals surface area contributed by atoms with Crippen LogP contribution >= 0.6 is 0 Å². The number of allylic oxidation sites excluding steroid dienone is 1. The van der Waals surface area contributed by atoms with Crippen molar-refractivity contribution in [1.82, 2.24) is 0 Å². The Morgan fingerprint density at radius 1 is 0.886 bits per heavy atom. The summed E-state index contributed by atoms with van der Waals surface area (Å²) in [5.74, 6) is 0.0696. The van der Waals surface area contributed by atoms with E-state index in [-0.39, 0.29) is 16.8 Å². The molecule has 8 heteroatoms. The number of benzene rings is 2. The molecule has 8 nitrogen and oxygen atoms in total. The van der Waals surface area contributed by atoms with Crippen molar-refractivity contribution < 1.29 is 33.0 Å². The smallest absolute Gasteiger partial charge is 0.351 e. The lowest BCUT2D eigenvalue weighted by Gasteiger charge is -2.21. The van der Waals surface area contributed by atoms with E-state index in [1.54, 1.807) is 24.3 Å². The van der Waals surface area contributed by atoms with E-state index in [2.05, 4.69) is 4.74 Å². The Bertz CT molecular complexity index is 1350. The van der Waals surface area contributed by atoms with Crippen LogP contribution in [0.5, 0.6) is 17.2 Å². The zero-order chi connectivity index (χ0) is 25.9. The number of methoxy groups -OCH3 is 4. The summed E-state index contributed by atoms with van der Waals surface area (Å²) in [4.78, 5) is 37.3. The molecule has 1 heterocycles. The van der Waals surface area contributed by atoms with Gasteiger partial charge in [-0.05, 0) is 47.4 Å². The van der Waals surface area contributed by atoms with Gasteiger partial charge in [-0.2, -0.15) is 0 Å². The molecule has 0 fully saturated rings.